The van der Waals surface area contributed by atoms with Gasteiger partial charge in [0.2, 0.25) is 15.9 Å². The smallest absolute Gasteiger partial charge is 0.246 e. The Kier molecular flexibility index (Phi) is 5.53. The highest BCUT2D eigenvalue weighted by Crippen LogP contribution is 2.21. The van der Waals surface area contributed by atoms with Crippen molar-refractivity contribution in [3.05, 3.63) is 72.1 Å². The monoisotopic (exact) mass is 396 g/mol. The minimum atomic E-state index is -3.74. The number of aromatic nitrogens is 2. The van der Waals surface area contributed by atoms with Gasteiger partial charge in [0.1, 0.15) is 0 Å². The summed E-state index contributed by atoms with van der Waals surface area (Å²) >= 11 is 0. The van der Waals surface area contributed by atoms with Crippen molar-refractivity contribution in [2.45, 2.75) is 17.9 Å². The summed E-state index contributed by atoms with van der Waals surface area (Å²) in [6.07, 6.45) is 4.67. The van der Waals surface area contributed by atoms with Gasteiger partial charge in [0.05, 0.1) is 33.9 Å². The topological polar surface area (TPSA) is 106 Å². The van der Waals surface area contributed by atoms with E-state index < -0.39 is 10.0 Å². The SMILES string of the molecule is C[C@@H](c1ccc(S(N)(=O)=O)cc1)N(C)C(=O)/C=C/c1cnc2ccccc2n1. The average Bonchev–Trinajstić information content (AvgIpc) is 2.70. The van der Waals surface area contributed by atoms with E-state index in [0.29, 0.717) is 5.69 Å². The summed E-state index contributed by atoms with van der Waals surface area (Å²) in [5, 5.41) is 5.11. The van der Waals surface area contributed by atoms with Crippen LogP contribution in [0.3, 0.4) is 0 Å². The standard InChI is InChI=1S/C20H20N4O3S/c1-14(15-7-10-17(11-8-15)28(21,26)27)24(2)20(25)12-9-16-13-22-18-5-3-4-6-19(18)23-16/h3-14H,1-2H3,(H2,21,26,27)/b12-9+/t14-/m0/s1. The van der Waals surface area contributed by atoms with Crippen molar-refractivity contribution in [3.63, 3.8) is 0 Å². The van der Waals surface area contributed by atoms with Crippen LogP contribution in [0.5, 0.6) is 0 Å². The molecular weight excluding hydrogens is 376 g/mol. The van der Waals surface area contributed by atoms with Gasteiger partial charge in [0.25, 0.3) is 0 Å². The van der Waals surface area contributed by atoms with Crippen LogP contribution in [0.2, 0.25) is 0 Å². The third-order valence-corrected chi connectivity index (χ3v) is 5.41. The lowest BCUT2D eigenvalue weighted by Crippen LogP contribution is -2.28. The van der Waals surface area contributed by atoms with Crippen LogP contribution in [0.15, 0.2) is 65.7 Å². The van der Waals surface area contributed by atoms with Crippen LogP contribution in [0.25, 0.3) is 17.1 Å². The number of carbonyl (C=O) groups excluding carboxylic acids is 1. The number of primary sulfonamides is 1. The minimum absolute atomic E-state index is 0.0344. The predicted molar refractivity (Wildman–Crippen MR) is 108 cm³/mol. The molecule has 0 bridgehead atoms. The van der Waals surface area contributed by atoms with Crippen molar-refractivity contribution in [1.82, 2.24) is 14.9 Å². The number of nitrogens with zero attached hydrogens (tertiary/aromatic N) is 3. The average molecular weight is 396 g/mol. The van der Waals surface area contributed by atoms with Crippen molar-refractivity contribution < 1.29 is 13.2 Å². The Morgan fingerprint density at radius 2 is 1.75 bits per heavy atom. The van der Waals surface area contributed by atoms with Crippen molar-refractivity contribution in [2.24, 2.45) is 5.14 Å². The normalized spacial score (nSPS) is 13.0. The van der Waals surface area contributed by atoms with Gasteiger partial charge in [-0.2, -0.15) is 0 Å². The van der Waals surface area contributed by atoms with Crippen LogP contribution >= 0.6 is 0 Å². The molecule has 3 aromatic rings. The van der Waals surface area contributed by atoms with Crippen molar-refractivity contribution >= 4 is 33.0 Å². The highest BCUT2D eigenvalue weighted by atomic mass is 32.2. The molecule has 0 unspecified atom stereocenters. The Hall–Kier alpha value is -3.10. The molecule has 0 aliphatic heterocycles. The number of likely N-dealkylation sites (N-methyl/N-ethyl adjacent to an activating group) is 1. The molecule has 1 atom stereocenters. The number of sulfonamides is 1. The van der Waals surface area contributed by atoms with Gasteiger partial charge in [-0.3, -0.25) is 9.78 Å². The number of hydrogen-bond donors (Lipinski definition) is 1. The summed E-state index contributed by atoms with van der Waals surface area (Å²) in [6.45, 7) is 1.85. The molecule has 8 heteroatoms. The fraction of sp³-hybridized carbons (Fsp3) is 0.150. The maximum absolute atomic E-state index is 12.5. The first-order chi connectivity index (χ1) is 13.3. The Labute approximate surface area is 163 Å². The molecule has 144 valence electrons. The first-order valence-electron chi connectivity index (χ1n) is 8.55. The predicted octanol–water partition coefficient (Wildman–Crippen LogP) is 2.51. The van der Waals surface area contributed by atoms with Gasteiger partial charge in [-0.05, 0) is 42.8 Å². The second-order valence-corrected chi connectivity index (χ2v) is 7.92. The number of nitrogens with two attached hydrogens (primary N) is 1. The van der Waals surface area contributed by atoms with E-state index in [0.717, 1.165) is 16.6 Å². The lowest BCUT2D eigenvalue weighted by Gasteiger charge is -2.24. The van der Waals surface area contributed by atoms with Crippen LogP contribution in [-0.2, 0) is 14.8 Å². The minimum Gasteiger partial charge on any atom is -0.335 e. The van der Waals surface area contributed by atoms with Gasteiger partial charge >= 0.3 is 0 Å². The van der Waals surface area contributed by atoms with E-state index in [4.69, 9.17) is 5.14 Å². The van der Waals surface area contributed by atoms with E-state index in [2.05, 4.69) is 9.97 Å². The molecule has 28 heavy (non-hydrogen) atoms. The molecule has 2 N–H and O–H groups in total. The number of carbonyl (C=O) groups is 1. The highest BCUT2D eigenvalue weighted by Gasteiger charge is 2.16. The number of rotatable bonds is 5. The number of hydrogen-bond acceptors (Lipinski definition) is 5. The van der Waals surface area contributed by atoms with Crippen LogP contribution in [0.4, 0.5) is 0 Å². The molecule has 0 radical (unpaired) electrons. The Morgan fingerprint density at radius 1 is 1.11 bits per heavy atom. The Balaban J connectivity index is 1.72. The molecule has 0 saturated carbocycles. The van der Waals surface area contributed by atoms with Crippen molar-refractivity contribution in [1.29, 1.82) is 0 Å². The first-order valence-corrected chi connectivity index (χ1v) is 10.1. The summed E-state index contributed by atoms with van der Waals surface area (Å²) in [7, 11) is -2.06. The molecule has 0 saturated heterocycles. The van der Waals surface area contributed by atoms with Gasteiger partial charge < -0.3 is 4.90 Å². The van der Waals surface area contributed by atoms with Crippen LogP contribution in [0.1, 0.15) is 24.2 Å². The third kappa shape index (κ3) is 4.41. The van der Waals surface area contributed by atoms with Crippen molar-refractivity contribution in [2.75, 3.05) is 7.05 Å². The fourth-order valence-electron chi connectivity index (χ4n) is 2.68. The van der Waals surface area contributed by atoms with E-state index in [1.54, 1.807) is 36.4 Å². The van der Waals surface area contributed by atoms with Crippen LogP contribution in [0, 0.1) is 0 Å². The molecule has 0 aliphatic rings. The molecule has 7 nitrogen and oxygen atoms in total. The number of fused-ring (bicyclic) bond motifs is 1. The zero-order chi connectivity index (χ0) is 20.3. The second kappa shape index (κ2) is 7.87. The number of amides is 1. The summed E-state index contributed by atoms with van der Waals surface area (Å²) in [6, 6.07) is 13.4. The zero-order valence-corrected chi connectivity index (χ0v) is 16.3. The summed E-state index contributed by atoms with van der Waals surface area (Å²) in [4.78, 5) is 22.9. The maximum atomic E-state index is 12.5. The van der Waals surface area contributed by atoms with Gasteiger partial charge in [0.15, 0.2) is 0 Å². The summed E-state index contributed by atoms with van der Waals surface area (Å²) in [5.41, 5.74) is 2.93. The Morgan fingerprint density at radius 3 is 2.39 bits per heavy atom. The largest absolute Gasteiger partial charge is 0.335 e. The molecule has 3 rings (SSSR count). The first kappa shape index (κ1) is 19.7. The molecular formula is C20H20N4O3S. The van der Waals surface area contributed by atoms with E-state index in [9.17, 15) is 13.2 Å². The molecule has 1 heterocycles. The van der Waals surface area contributed by atoms with E-state index in [-0.39, 0.29) is 16.8 Å². The number of benzene rings is 2. The number of para-hydroxylation sites is 2. The quantitative estimate of drug-likeness (QED) is 0.667. The summed E-state index contributed by atoms with van der Waals surface area (Å²) in [5.74, 6) is -0.210. The maximum Gasteiger partial charge on any atom is 0.246 e. The highest BCUT2D eigenvalue weighted by molar-refractivity contribution is 7.89. The lowest BCUT2D eigenvalue weighted by atomic mass is 10.1. The molecule has 0 spiro atoms. The van der Waals surface area contributed by atoms with E-state index >= 15 is 0 Å². The fourth-order valence-corrected chi connectivity index (χ4v) is 3.19. The molecule has 2 aromatic carbocycles. The lowest BCUT2D eigenvalue weighted by molar-refractivity contribution is -0.126. The van der Waals surface area contributed by atoms with Gasteiger partial charge in [0, 0.05) is 13.1 Å². The van der Waals surface area contributed by atoms with Crippen molar-refractivity contribution in [3.8, 4) is 0 Å². The zero-order valence-electron chi connectivity index (χ0n) is 15.5. The van der Waals surface area contributed by atoms with Gasteiger partial charge in [-0.15, -0.1) is 0 Å². The molecule has 0 aliphatic carbocycles. The molecule has 0 fully saturated rings. The molecule has 1 aromatic heterocycles. The van der Waals surface area contributed by atoms with Gasteiger partial charge in [-0.1, -0.05) is 24.3 Å². The van der Waals surface area contributed by atoms with E-state index in [1.165, 1.54) is 18.2 Å². The Bertz CT molecular complexity index is 1140. The van der Waals surface area contributed by atoms with Crippen LogP contribution in [-0.4, -0.2) is 36.2 Å². The third-order valence-electron chi connectivity index (χ3n) is 4.48. The molecule has 1 amide bonds. The van der Waals surface area contributed by atoms with Gasteiger partial charge in [-0.25, -0.2) is 18.5 Å². The van der Waals surface area contributed by atoms with Crippen LogP contribution < -0.4 is 5.14 Å². The summed E-state index contributed by atoms with van der Waals surface area (Å²) < 4.78 is 22.7. The second-order valence-electron chi connectivity index (χ2n) is 6.36. The van der Waals surface area contributed by atoms with E-state index in [1.807, 2.05) is 31.2 Å².